The van der Waals surface area contributed by atoms with E-state index in [1.54, 1.807) is 24.5 Å². The zero-order chi connectivity index (χ0) is 23.0. The molecule has 2 heterocycles. The molecule has 0 bridgehead atoms. The van der Waals surface area contributed by atoms with Crippen LogP contribution in [0.5, 0.6) is 5.75 Å². The second-order valence-electron chi connectivity index (χ2n) is 8.20. The fourth-order valence-corrected chi connectivity index (χ4v) is 4.38. The largest absolute Gasteiger partial charge is 0.488 e. The van der Waals surface area contributed by atoms with Crippen LogP contribution < -0.4 is 15.0 Å². The third-order valence-corrected chi connectivity index (χ3v) is 6.08. The van der Waals surface area contributed by atoms with Gasteiger partial charge >= 0.3 is 0 Å². The maximum atomic E-state index is 9.30. The Morgan fingerprint density at radius 2 is 2.06 bits per heavy atom. The molecule has 1 aliphatic carbocycles. The van der Waals surface area contributed by atoms with Crippen molar-refractivity contribution in [2.24, 2.45) is 9.98 Å². The summed E-state index contributed by atoms with van der Waals surface area (Å²) in [5, 5.41) is 12.7. The Hall–Kier alpha value is -3.44. The lowest BCUT2D eigenvalue weighted by molar-refractivity contribution is 0.122. The average molecular weight is 447 g/mol. The van der Waals surface area contributed by atoms with Gasteiger partial charge < -0.3 is 19.7 Å². The minimum Gasteiger partial charge on any atom is -0.488 e. The lowest BCUT2D eigenvalue weighted by Gasteiger charge is -2.32. The Morgan fingerprint density at radius 1 is 1.27 bits per heavy atom. The summed E-state index contributed by atoms with van der Waals surface area (Å²) in [6.45, 7) is 8.76. The molecule has 0 atom stereocenters. The maximum Gasteiger partial charge on any atom is 0.149 e. The quantitative estimate of drug-likeness (QED) is 0.622. The minimum atomic E-state index is 0.0844. The second-order valence-corrected chi connectivity index (χ2v) is 8.20. The van der Waals surface area contributed by atoms with E-state index in [0.29, 0.717) is 30.3 Å². The first-order valence-electron chi connectivity index (χ1n) is 11.5. The molecular weight excluding hydrogens is 416 g/mol. The summed E-state index contributed by atoms with van der Waals surface area (Å²) in [4.78, 5) is 15.4. The number of nitriles is 1. The Morgan fingerprint density at radius 3 is 2.76 bits per heavy atom. The molecule has 1 saturated carbocycles. The van der Waals surface area contributed by atoms with E-state index >= 15 is 0 Å². The van der Waals surface area contributed by atoms with E-state index in [1.807, 2.05) is 13.0 Å². The van der Waals surface area contributed by atoms with Crippen LogP contribution in [-0.4, -0.2) is 56.4 Å². The molecule has 1 aromatic carbocycles. The SMILES string of the molecule is C=Nc1c(N=CC)cc(N2CCOCC2)cc1OC1CCC(Nc2ncccc2C#N)CC1. The van der Waals surface area contributed by atoms with Gasteiger partial charge in [-0.2, -0.15) is 5.26 Å². The Bertz CT molecular complexity index is 1030. The predicted molar refractivity (Wildman–Crippen MR) is 132 cm³/mol. The zero-order valence-corrected chi connectivity index (χ0v) is 19.0. The highest BCUT2D eigenvalue weighted by Gasteiger charge is 2.25. The van der Waals surface area contributed by atoms with Gasteiger partial charge in [0.15, 0.2) is 0 Å². The number of benzene rings is 1. The molecule has 1 saturated heterocycles. The number of nitrogens with zero attached hydrogens (tertiary/aromatic N) is 5. The van der Waals surface area contributed by atoms with Gasteiger partial charge in [0, 0.05) is 43.3 Å². The number of aromatic nitrogens is 1. The predicted octanol–water partition coefficient (Wildman–Crippen LogP) is 4.65. The summed E-state index contributed by atoms with van der Waals surface area (Å²) in [5.41, 5.74) is 3.08. The van der Waals surface area contributed by atoms with E-state index in [1.165, 1.54) is 0 Å². The van der Waals surface area contributed by atoms with Crippen LogP contribution in [0.4, 0.5) is 22.9 Å². The number of pyridine rings is 1. The molecule has 2 fully saturated rings. The van der Waals surface area contributed by atoms with Gasteiger partial charge in [0.25, 0.3) is 0 Å². The summed E-state index contributed by atoms with van der Waals surface area (Å²) in [5.74, 6) is 1.38. The lowest BCUT2D eigenvalue weighted by atomic mass is 9.92. The molecule has 0 unspecified atom stereocenters. The molecule has 4 rings (SSSR count). The third kappa shape index (κ3) is 5.49. The smallest absolute Gasteiger partial charge is 0.149 e. The topological polar surface area (TPSA) is 95.1 Å². The summed E-state index contributed by atoms with van der Waals surface area (Å²) >= 11 is 0. The molecule has 1 N–H and O–H groups in total. The molecule has 2 aromatic rings. The van der Waals surface area contributed by atoms with Crippen molar-refractivity contribution in [1.82, 2.24) is 4.98 Å². The lowest BCUT2D eigenvalue weighted by Crippen LogP contribution is -2.36. The fourth-order valence-electron chi connectivity index (χ4n) is 4.38. The van der Waals surface area contributed by atoms with E-state index < -0.39 is 0 Å². The number of ether oxygens (including phenoxy) is 2. The van der Waals surface area contributed by atoms with Gasteiger partial charge in [-0.25, -0.2) is 4.98 Å². The Balaban J connectivity index is 1.46. The fraction of sp³-hybridized carbons (Fsp3) is 0.440. The zero-order valence-electron chi connectivity index (χ0n) is 19.0. The number of anilines is 2. The summed E-state index contributed by atoms with van der Waals surface area (Å²) in [6, 6.07) is 10.1. The number of rotatable bonds is 7. The highest BCUT2D eigenvalue weighted by Crippen LogP contribution is 2.43. The highest BCUT2D eigenvalue weighted by molar-refractivity contribution is 5.80. The van der Waals surface area contributed by atoms with Gasteiger partial charge in [-0.1, -0.05) is 0 Å². The monoisotopic (exact) mass is 446 g/mol. The van der Waals surface area contributed by atoms with E-state index in [-0.39, 0.29) is 12.1 Å². The van der Waals surface area contributed by atoms with Crippen LogP contribution in [-0.2, 0) is 4.74 Å². The van der Waals surface area contributed by atoms with E-state index in [9.17, 15) is 5.26 Å². The first-order chi connectivity index (χ1) is 16.2. The van der Waals surface area contributed by atoms with Crippen molar-refractivity contribution in [3.63, 3.8) is 0 Å². The molecule has 0 amide bonds. The molecule has 8 nitrogen and oxygen atoms in total. The number of nitrogens with one attached hydrogen (secondary N) is 1. The van der Waals surface area contributed by atoms with Crippen LogP contribution in [0.3, 0.4) is 0 Å². The van der Waals surface area contributed by atoms with Crippen LogP contribution in [0.2, 0.25) is 0 Å². The van der Waals surface area contributed by atoms with Crippen LogP contribution in [0.25, 0.3) is 0 Å². The Kier molecular flexibility index (Phi) is 7.53. The van der Waals surface area contributed by atoms with Crippen LogP contribution >= 0.6 is 0 Å². The molecule has 33 heavy (non-hydrogen) atoms. The van der Waals surface area contributed by atoms with E-state index in [0.717, 1.165) is 55.9 Å². The second kappa shape index (κ2) is 10.9. The first kappa shape index (κ1) is 22.7. The molecule has 172 valence electrons. The van der Waals surface area contributed by atoms with Gasteiger partial charge in [0.2, 0.25) is 0 Å². The number of morpholine rings is 1. The first-order valence-corrected chi connectivity index (χ1v) is 11.5. The maximum absolute atomic E-state index is 9.30. The van der Waals surface area contributed by atoms with Crippen LogP contribution in [0.15, 0.2) is 40.4 Å². The van der Waals surface area contributed by atoms with Gasteiger partial charge in [-0.3, -0.25) is 9.98 Å². The molecule has 1 aromatic heterocycles. The van der Waals surface area contributed by atoms with Gasteiger partial charge in [-0.05, 0) is 57.5 Å². The van der Waals surface area contributed by atoms with Gasteiger partial charge in [0.1, 0.15) is 23.3 Å². The molecule has 0 radical (unpaired) electrons. The third-order valence-electron chi connectivity index (χ3n) is 6.08. The van der Waals surface area contributed by atoms with Crippen LogP contribution in [0.1, 0.15) is 38.2 Å². The van der Waals surface area contributed by atoms with Gasteiger partial charge in [0.05, 0.1) is 30.6 Å². The molecular formula is C25H30N6O2. The van der Waals surface area contributed by atoms with Gasteiger partial charge in [-0.15, -0.1) is 0 Å². The normalized spacial score (nSPS) is 20.9. The molecule has 0 spiro atoms. The molecule has 2 aliphatic rings. The minimum absolute atomic E-state index is 0.0844. The molecule has 8 heteroatoms. The van der Waals surface area contributed by atoms with Crippen molar-refractivity contribution in [3.8, 4) is 11.8 Å². The van der Waals surface area contributed by atoms with Crippen molar-refractivity contribution < 1.29 is 9.47 Å². The van der Waals surface area contributed by atoms with Crippen molar-refractivity contribution >= 4 is 35.8 Å². The summed E-state index contributed by atoms with van der Waals surface area (Å²) < 4.78 is 12.0. The van der Waals surface area contributed by atoms with E-state index in [2.05, 4.69) is 44.0 Å². The van der Waals surface area contributed by atoms with Crippen molar-refractivity contribution in [3.05, 3.63) is 36.0 Å². The summed E-state index contributed by atoms with van der Waals surface area (Å²) in [6.07, 6.45) is 7.23. The number of hydrogen-bond donors (Lipinski definition) is 1. The number of hydrogen-bond acceptors (Lipinski definition) is 8. The highest BCUT2D eigenvalue weighted by atomic mass is 16.5. The summed E-state index contributed by atoms with van der Waals surface area (Å²) in [7, 11) is 0. The van der Waals surface area contributed by atoms with Crippen molar-refractivity contribution in [2.75, 3.05) is 36.5 Å². The van der Waals surface area contributed by atoms with Crippen molar-refractivity contribution in [1.29, 1.82) is 5.26 Å². The average Bonchev–Trinajstić information content (AvgIpc) is 2.86. The standard InChI is InChI=1S/C25H30N6O2/c1-3-28-22-15-20(31-11-13-32-14-12-31)16-23(24(22)27-2)33-21-8-6-19(7-9-21)30-25-18(17-26)5-4-10-29-25/h3-5,10,15-16,19,21H,2,6-9,11-14H2,1H3,(H,29,30). The molecule has 1 aliphatic heterocycles. The van der Waals surface area contributed by atoms with E-state index in [4.69, 9.17) is 9.47 Å². The number of aliphatic imine (C=N–C) groups is 2. The Labute approximate surface area is 195 Å². The van der Waals surface area contributed by atoms with Crippen LogP contribution in [0, 0.1) is 11.3 Å². The van der Waals surface area contributed by atoms with Crippen molar-refractivity contribution in [2.45, 2.75) is 44.8 Å².